The number of carbonyl (C=O) groups excluding carboxylic acids is 1. The van der Waals surface area contributed by atoms with Gasteiger partial charge < -0.3 is 10.6 Å². The Balaban J connectivity index is 1.72. The number of carbonyl (C=O) groups is 1. The van der Waals surface area contributed by atoms with Crippen LogP contribution in [-0.2, 0) is 0 Å². The lowest BCUT2D eigenvalue weighted by atomic mass is 10.1. The zero-order chi connectivity index (χ0) is 11.5. The molecule has 0 aromatic carbocycles. The zero-order valence-corrected chi connectivity index (χ0v) is 10.2. The normalized spacial score (nSPS) is 32.8. The van der Waals surface area contributed by atoms with Gasteiger partial charge >= 0.3 is 6.03 Å². The Labute approximate surface area is 97.2 Å². The first kappa shape index (κ1) is 11.7. The second-order valence-corrected chi connectivity index (χ2v) is 5.00. The molecule has 5 nitrogen and oxygen atoms in total. The van der Waals surface area contributed by atoms with E-state index < -0.39 is 0 Å². The van der Waals surface area contributed by atoms with Crippen molar-refractivity contribution in [2.45, 2.75) is 25.9 Å². The third kappa shape index (κ3) is 2.86. The predicted octanol–water partition coefficient (Wildman–Crippen LogP) is -0.306. The lowest BCUT2D eigenvalue weighted by Gasteiger charge is -2.47. The fourth-order valence-corrected chi connectivity index (χ4v) is 2.44. The topological polar surface area (TPSA) is 47.6 Å². The van der Waals surface area contributed by atoms with E-state index in [-0.39, 0.29) is 12.1 Å². The Morgan fingerprint density at radius 1 is 1.31 bits per heavy atom. The largest absolute Gasteiger partial charge is 0.337 e. The molecule has 92 valence electrons. The van der Waals surface area contributed by atoms with Crippen molar-refractivity contribution in [1.82, 2.24) is 20.4 Å². The Morgan fingerprint density at radius 3 is 2.50 bits per heavy atom. The molecule has 0 aromatic rings. The van der Waals surface area contributed by atoms with Crippen molar-refractivity contribution in [2.24, 2.45) is 0 Å². The van der Waals surface area contributed by atoms with Crippen LogP contribution in [0.3, 0.4) is 0 Å². The van der Waals surface area contributed by atoms with Gasteiger partial charge in [-0.15, -0.1) is 0 Å². The Bertz CT molecular complexity index is 248. The molecule has 3 aliphatic rings. The molecule has 3 fully saturated rings. The third-order valence-electron chi connectivity index (χ3n) is 3.31. The molecule has 2 bridgehead atoms. The van der Waals surface area contributed by atoms with E-state index in [1.54, 1.807) is 0 Å². The van der Waals surface area contributed by atoms with Gasteiger partial charge in [-0.3, -0.25) is 9.80 Å². The van der Waals surface area contributed by atoms with Crippen LogP contribution >= 0.6 is 0 Å². The van der Waals surface area contributed by atoms with Crippen molar-refractivity contribution in [3.8, 4) is 0 Å². The van der Waals surface area contributed by atoms with Crippen molar-refractivity contribution in [3.63, 3.8) is 0 Å². The standard InChI is InChI=1S/C11H22N4O/c1-9(2)13-11(16)12-7-10-8-14-3-5-15(10)6-4-14/h9-10H,3-8H2,1-2H3,(H2,12,13,16). The summed E-state index contributed by atoms with van der Waals surface area (Å²) in [6.45, 7) is 10.5. The quantitative estimate of drug-likeness (QED) is 0.694. The summed E-state index contributed by atoms with van der Waals surface area (Å²) in [6, 6.07) is 0.653. The summed E-state index contributed by atoms with van der Waals surface area (Å²) < 4.78 is 0. The van der Waals surface area contributed by atoms with Gasteiger partial charge in [0, 0.05) is 51.4 Å². The molecule has 3 saturated heterocycles. The minimum absolute atomic E-state index is 0.0485. The first-order valence-electron chi connectivity index (χ1n) is 6.16. The minimum Gasteiger partial charge on any atom is -0.337 e. The van der Waals surface area contributed by atoms with Gasteiger partial charge in [-0.05, 0) is 13.8 Å². The molecule has 3 rings (SSSR count). The fraction of sp³-hybridized carbons (Fsp3) is 0.909. The third-order valence-corrected chi connectivity index (χ3v) is 3.31. The number of nitrogens with zero attached hydrogens (tertiary/aromatic N) is 2. The van der Waals surface area contributed by atoms with E-state index in [0.717, 1.165) is 26.2 Å². The smallest absolute Gasteiger partial charge is 0.315 e. The Kier molecular flexibility index (Phi) is 3.66. The van der Waals surface area contributed by atoms with E-state index in [2.05, 4.69) is 20.4 Å². The summed E-state index contributed by atoms with van der Waals surface area (Å²) in [5.41, 5.74) is 0. The van der Waals surface area contributed by atoms with Gasteiger partial charge in [-0.25, -0.2) is 4.79 Å². The number of fused-ring (bicyclic) bond motifs is 3. The second-order valence-electron chi connectivity index (χ2n) is 5.00. The van der Waals surface area contributed by atoms with E-state index >= 15 is 0 Å². The highest BCUT2D eigenvalue weighted by atomic mass is 16.2. The molecule has 0 radical (unpaired) electrons. The minimum atomic E-state index is -0.0485. The summed E-state index contributed by atoms with van der Waals surface area (Å²) in [7, 11) is 0. The van der Waals surface area contributed by atoms with Crippen molar-refractivity contribution >= 4 is 6.03 Å². The number of rotatable bonds is 3. The van der Waals surface area contributed by atoms with Crippen LogP contribution in [0.4, 0.5) is 4.79 Å². The highest BCUT2D eigenvalue weighted by Gasteiger charge is 2.31. The Hall–Kier alpha value is -0.810. The van der Waals surface area contributed by atoms with Crippen LogP contribution in [0.2, 0.25) is 0 Å². The van der Waals surface area contributed by atoms with Crippen molar-refractivity contribution in [1.29, 1.82) is 0 Å². The molecule has 0 aliphatic carbocycles. The van der Waals surface area contributed by atoms with Crippen LogP contribution in [0.1, 0.15) is 13.8 Å². The summed E-state index contributed by atoms with van der Waals surface area (Å²) in [5.74, 6) is 0. The maximum atomic E-state index is 11.4. The molecule has 2 amide bonds. The lowest BCUT2D eigenvalue weighted by molar-refractivity contribution is 0.0148. The first-order chi connectivity index (χ1) is 7.65. The summed E-state index contributed by atoms with van der Waals surface area (Å²) >= 11 is 0. The predicted molar refractivity (Wildman–Crippen MR) is 63.5 cm³/mol. The van der Waals surface area contributed by atoms with E-state index in [1.165, 1.54) is 13.1 Å². The lowest BCUT2D eigenvalue weighted by Crippen LogP contribution is -2.63. The van der Waals surface area contributed by atoms with Crippen molar-refractivity contribution < 1.29 is 4.79 Å². The van der Waals surface area contributed by atoms with Crippen LogP contribution in [0.15, 0.2) is 0 Å². The van der Waals surface area contributed by atoms with Gasteiger partial charge in [0.15, 0.2) is 0 Å². The molecule has 3 aliphatic heterocycles. The highest BCUT2D eigenvalue weighted by Crippen LogP contribution is 2.14. The monoisotopic (exact) mass is 226 g/mol. The first-order valence-corrected chi connectivity index (χ1v) is 6.16. The molecule has 0 spiro atoms. The van der Waals surface area contributed by atoms with Crippen LogP contribution in [0.5, 0.6) is 0 Å². The molecule has 5 heteroatoms. The molecule has 1 atom stereocenters. The molecule has 16 heavy (non-hydrogen) atoms. The molecular formula is C11H22N4O. The summed E-state index contributed by atoms with van der Waals surface area (Å²) in [4.78, 5) is 16.4. The molecule has 0 saturated carbocycles. The summed E-state index contributed by atoms with van der Waals surface area (Å²) in [5, 5.41) is 5.79. The highest BCUT2D eigenvalue weighted by molar-refractivity contribution is 5.74. The number of hydrogen-bond donors (Lipinski definition) is 2. The maximum absolute atomic E-state index is 11.4. The zero-order valence-electron chi connectivity index (χ0n) is 10.2. The van der Waals surface area contributed by atoms with E-state index in [1.807, 2.05) is 13.8 Å². The Morgan fingerprint density at radius 2 is 2.00 bits per heavy atom. The van der Waals surface area contributed by atoms with Gasteiger partial charge in [0.2, 0.25) is 0 Å². The number of amides is 2. The average Bonchev–Trinajstić information content (AvgIpc) is 2.27. The molecule has 0 aromatic heterocycles. The average molecular weight is 226 g/mol. The van der Waals surface area contributed by atoms with Crippen LogP contribution in [0, 0.1) is 0 Å². The number of hydrogen-bond acceptors (Lipinski definition) is 3. The van der Waals surface area contributed by atoms with Crippen LogP contribution in [0.25, 0.3) is 0 Å². The van der Waals surface area contributed by atoms with E-state index in [0.29, 0.717) is 6.04 Å². The SMILES string of the molecule is CC(C)NC(=O)NCC1CN2CCN1CC2. The van der Waals surface area contributed by atoms with Gasteiger partial charge in [-0.2, -0.15) is 0 Å². The second kappa shape index (κ2) is 5.01. The van der Waals surface area contributed by atoms with Gasteiger partial charge in [-0.1, -0.05) is 0 Å². The van der Waals surface area contributed by atoms with Gasteiger partial charge in [0.05, 0.1) is 0 Å². The van der Waals surface area contributed by atoms with Gasteiger partial charge in [0.1, 0.15) is 0 Å². The molecular weight excluding hydrogens is 204 g/mol. The van der Waals surface area contributed by atoms with Gasteiger partial charge in [0.25, 0.3) is 0 Å². The number of urea groups is 1. The maximum Gasteiger partial charge on any atom is 0.315 e. The van der Waals surface area contributed by atoms with E-state index in [9.17, 15) is 4.79 Å². The van der Waals surface area contributed by atoms with Crippen molar-refractivity contribution in [3.05, 3.63) is 0 Å². The molecule has 3 heterocycles. The summed E-state index contributed by atoms with van der Waals surface area (Å²) in [6.07, 6.45) is 0. The van der Waals surface area contributed by atoms with Crippen LogP contribution < -0.4 is 10.6 Å². The van der Waals surface area contributed by atoms with Crippen molar-refractivity contribution in [2.75, 3.05) is 39.3 Å². The number of piperazine rings is 3. The molecule has 2 N–H and O–H groups in total. The fourth-order valence-electron chi connectivity index (χ4n) is 2.44. The van der Waals surface area contributed by atoms with Crippen LogP contribution in [-0.4, -0.2) is 67.2 Å². The van der Waals surface area contributed by atoms with E-state index in [4.69, 9.17) is 0 Å². The number of nitrogens with one attached hydrogen (secondary N) is 2. The molecule has 1 unspecified atom stereocenters.